The van der Waals surface area contributed by atoms with E-state index in [0.29, 0.717) is 4.99 Å². The largest absolute Gasteiger partial charge is 0.393 e. The van der Waals surface area contributed by atoms with E-state index in [1.807, 2.05) is 0 Å². The molecule has 2 nitrogen and oxygen atoms in total. The Morgan fingerprint density at radius 2 is 1.93 bits per heavy atom. The molecule has 1 fully saturated rings. The molecular weight excluding hydrogens is 204 g/mol. The zero-order valence-corrected chi connectivity index (χ0v) is 10.7. The lowest BCUT2D eigenvalue weighted by atomic mass is 10.2. The van der Waals surface area contributed by atoms with Crippen LogP contribution in [0.4, 0.5) is 0 Å². The summed E-state index contributed by atoms with van der Waals surface area (Å²) in [6, 6.07) is 0.904. The molecule has 0 spiro atoms. The molecule has 0 amide bonds. The Hall–Kier alpha value is -0.150. The molecule has 0 bridgehead atoms. The Bertz CT molecular complexity index is 190. The van der Waals surface area contributed by atoms with Crippen LogP contribution in [0.15, 0.2) is 0 Å². The van der Waals surface area contributed by atoms with Crippen molar-refractivity contribution >= 4 is 17.2 Å². The highest BCUT2D eigenvalue weighted by atomic mass is 32.1. The highest BCUT2D eigenvalue weighted by molar-refractivity contribution is 7.80. The molecule has 1 aliphatic carbocycles. The van der Waals surface area contributed by atoms with Crippen LogP contribution in [0.5, 0.6) is 0 Å². The minimum Gasteiger partial charge on any atom is -0.393 e. The smallest absolute Gasteiger partial charge is 0.0727 e. The summed E-state index contributed by atoms with van der Waals surface area (Å²) in [5.74, 6) is 0. The molecule has 3 heteroatoms. The number of nitrogens with zero attached hydrogens (tertiary/aromatic N) is 1. The van der Waals surface area contributed by atoms with Gasteiger partial charge in [0.05, 0.1) is 4.99 Å². The van der Waals surface area contributed by atoms with Crippen LogP contribution < -0.4 is 5.73 Å². The first-order valence-corrected chi connectivity index (χ1v) is 6.67. The summed E-state index contributed by atoms with van der Waals surface area (Å²) < 4.78 is 0. The van der Waals surface area contributed by atoms with E-state index < -0.39 is 0 Å². The zero-order chi connectivity index (χ0) is 11.1. The van der Waals surface area contributed by atoms with Gasteiger partial charge in [-0.05, 0) is 51.6 Å². The van der Waals surface area contributed by atoms with E-state index in [1.54, 1.807) is 0 Å². The summed E-state index contributed by atoms with van der Waals surface area (Å²) in [7, 11) is 0. The Labute approximate surface area is 99.2 Å². The number of hydrogen-bond acceptors (Lipinski definition) is 2. The first-order valence-electron chi connectivity index (χ1n) is 6.26. The predicted molar refractivity (Wildman–Crippen MR) is 70.1 cm³/mol. The summed E-state index contributed by atoms with van der Waals surface area (Å²) >= 11 is 4.87. The molecular formula is C12H24N2S. The molecule has 0 unspecified atom stereocenters. The van der Waals surface area contributed by atoms with Gasteiger partial charge in [-0.1, -0.05) is 25.6 Å². The zero-order valence-electron chi connectivity index (χ0n) is 9.87. The van der Waals surface area contributed by atoms with Crippen molar-refractivity contribution in [3.8, 4) is 0 Å². The molecule has 0 atom stereocenters. The molecule has 0 aromatic heterocycles. The maximum atomic E-state index is 5.48. The standard InChI is InChI=1S/C12H24N2S/c1-2-3-9-14(11-7-8-11)10-5-4-6-12(13)15/h11H,2-10H2,1H3,(H2,13,15). The number of rotatable bonds is 9. The van der Waals surface area contributed by atoms with Gasteiger partial charge in [0.15, 0.2) is 0 Å². The van der Waals surface area contributed by atoms with E-state index in [1.165, 1.54) is 45.2 Å². The molecule has 2 N–H and O–H groups in total. The van der Waals surface area contributed by atoms with Gasteiger partial charge in [-0.3, -0.25) is 0 Å². The fourth-order valence-electron chi connectivity index (χ4n) is 1.89. The normalized spacial score (nSPS) is 15.9. The van der Waals surface area contributed by atoms with Crippen molar-refractivity contribution in [1.82, 2.24) is 4.90 Å². The van der Waals surface area contributed by atoms with Gasteiger partial charge in [-0.25, -0.2) is 0 Å². The number of thiocarbonyl (C=S) groups is 1. The van der Waals surface area contributed by atoms with Gasteiger partial charge in [0.2, 0.25) is 0 Å². The lowest BCUT2D eigenvalue weighted by molar-refractivity contribution is 0.254. The van der Waals surface area contributed by atoms with Crippen LogP contribution in [0.25, 0.3) is 0 Å². The van der Waals surface area contributed by atoms with Crippen molar-refractivity contribution < 1.29 is 0 Å². The molecule has 1 aliphatic rings. The third kappa shape index (κ3) is 6.10. The van der Waals surface area contributed by atoms with Crippen LogP contribution in [0.2, 0.25) is 0 Å². The Kier molecular flexibility index (Phi) is 6.18. The lowest BCUT2D eigenvalue weighted by Crippen LogP contribution is -2.28. The van der Waals surface area contributed by atoms with E-state index in [0.717, 1.165) is 18.9 Å². The SMILES string of the molecule is CCCCN(CCCCC(N)=S)C1CC1. The van der Waals surface area contributed by atoms with Gasteiger partial charge in [-0.15, -0.1) is 0 Å². The summed E-state index contributed by atoms with van der Waals surface area (Å²) in [5, 5.41) is 0. The Morgan fingerprint density at radius 1 is 1.27 bits per heavy atom. The van der Waals surface area contributed by atoms with Gasteiger partial charge >= 0.3 is 0 Å². The fourth-order valence-corrected chi connectivity index (χ4v) is 2.04. The van der Waals surface area contributed by atoms with E-state index in [-0.39, 0.29) is 0 Å². The van der Waals surface area contributed by atoms with Gasteiger partial charge in [0.1, 0.15) is 0 Å². The molecule has 88 valence electrons. The topological polar surface area (TPSA) is 29.3 Å². The average molecular weight is 228 g/mol. The second-order valence-corrected chi connectivity index (χ2v) is 5.07. The van der Waals surface area contributed by atoms with E-state index in [4.69, 9.17) is 18.0 Å². The lowest BCUT2D eigenvalue weighted by Gasteiger charge is -2.21. The minimum atomic E-state index is 0.668. The second kappa shape index (κ2) is 7.18. The quantitative estimate of drug-likeness (QED) is 0.486. The Morgan fingerprint density at radius 3 is 2.47 bits per heavy atom. The molecule has 1 rings (SSSR count). The van der Waals surface area contributed by atoms with Gasteiger partial charge in [0.25, 0.3) is 0 Å². The molecule has 0 aromatic carbocycles. The summed E-state index contributed by atoms with van der Waals surface area (Å²) in [5.41, 5.74) is 5.48. The maximum Gasteiger partial charge on any atom is 0.0727 e. The monoisotopic (exact) mass is 228 g/mol. The van der Waals surface area contributed by atoms with Gasteiger partial charge in [0, 0.05) is 6.04 Å². The van der Waals surface area contributed by atoms with Crippen molar-refractivity contribution in [3.05, 3.63) is 0 Å². The number of hydrogen-bond donors (Lipinski definition) is 1. The van der Waals surface area contributed by atoms with Crippen molar-refractivity contribution in [3.63, 3.8) is 0 Å². The fraction of sp³-hybridized carbons (Fsp3) is 0.917. The van der Waals surface area contributed by atoms with Crippen LogP contribution in [-0.2, 0) is 0 Å². The van der Waals surface area contributed by atoms with Crippen molar-refractivity contribution in [2.75, 3.05) is 13.1 Å². The third-order valence-corrected chi connectivity index (χ3v) is 3.18. The Balaban J connectivity index is 2.06. The summed E-state index contributed by atoms with van der Waals surface area (Å²) in [6.45, 7) is 4.79. The van der Waals surface area contributed by atoms with Crippen molar-refractivity contribution in [2.45, 2.75) is 57.9 Å². The minimum absolute atomic E-state index is 0.668. The first kappa shape index (κ1) is 12.9. The number of nitrogens with two attached hydrogens (primary N) is 1. The molecule has 0 saturated heterocycles. The molecule has 1 saturated carbocycles. The van der Waals surface area contributed by atoms with Crippen LogP contribution >= 0.6 is 12.2 Å². The van der Waals surface area contributed by atoms with Crippen LogP contribution in [-0.4, -0.2) is 29.0 Å². The third-order valence-electron chi connectivity index (χ3n) is 2.98. The summed E-state index contributed by atoms with van der Waals surface area (Å²) in [6.07, 6.45) is 8.80. The molecule has 15 heavy (non-hydrogen) atoms. The van der Waals surface area contributed by atoms with Crippen LogP contribution in [0.3, 0.4) is 0 Å². The molecule has 0 aliphatic heterocycles. The maximum absolute atomic E-state index is 5.48. The van der Waals surface area contributed by atoms with Crippen LogP contribution in [0.1, 0.15) is 51.9 Å². The van der Waals surface area contributed by atoms with E-state index in [9.17, 15) is 0 Å². The highest BCUT2D eigenvalue weighted by Gasteiger charge is 2.27. The summed E-state index contributed by atoms with van der Waals surface area (Å²) in [4.78, 5) is 3.32. The van der Waals surface area contributed by atoms with Crippen LogP contribution in [0, 0.1) is 0 Å². The molecule has 0 radical (unpaired) electrons. The average Bonchev–Trinajstić information content (AvgIpc) is 3.00. The van der Waals surface area contributed by atoms with E-state index >= 15 is 0 Å². The highest BCUT2D eigenvalue weighted by Crippen LogP contribution is 2.27. The number of unbranched alkanes of at least 4 members (excludes halogenated alkanes) is 2. The van der Waals surface area contributed by atoms with Gasteiger partial charge in [-0.2, -0.15) is 0 Å². The van der Waals surface area contributed by atoms with E-state index in [2.05, 4.69) is 11.8 Å². The first-order chi connectivity index (χ1) is 7.24. The molecule has 0 aromatic rings. The second-order valence-electron chi connectivity index (χ2n) is 4.54. The molecule has 0 heterocycles. The van der Waals surface area contributed by atoms with Gasteiger partial charge < -0.3 is 10.6 Å². The van der Waals surface area contributed by atoms with Crippen molar-refractivity contribution in [1.29, 1.82) is 0 Å². The van der Waals surface area contributed by atoms with Crippen molar-refractivity contribution in [2.24, 2.45) is 5.73 Å². The predicted octanol–water partition coefficient (Wildman–Crippen LogP) is 2.71.